The molecule has 2 N–H and O–H groups in total. The molecule has 154 valence electrons. The minimum atomic E-state index is -0.648. The summed E-state index contributed by atoms with van der Waals surface area (Å²) in [5, 5.41) is 7.57. The van der Waals surface area contributed by atoms with Crippen LogP contribution in [0, 0.1) is 13.8 Å². The highest BCUT2D eigenvalue weighted by atomic mass is 32.1. The third kappa shape index (κ3) is 4.24. The largest absolute Gasteiger partial charge is 0.361 e. The van der Waals surface area contributed by atoms with Crippen molar-refractivity contribution < 1.29 is 9.59 Å². The molecule has 30 heavy (non-hydrogen) atoms. The third-order valence-electron chi connectivity index (χ3n) is 5.60. The minimum Gasteiger partial charge on any atom is -0.361 e. The minimum absolute atomic E-state index is 0.00739. The molecule has 1 aliphatic rings. The molecule has 5 nitrogen and oxygen atoms in total. The van der Waals surface area contributed by atoms with Crippen molar-refractivity contribution in [1.29, 1.82) is 0 Å². The predicted octanol–water partition coefficient (Wildman–Crippen LogP) is 4.22. The summed E-state index contributed by atoms with van der Waals surface area (Å²) in [4.78, 5) is 28.4. The molecule has 0 saturated heterocycles. The van der Waals surface area contributed by atoms with Crippen molar-refractivity contribution in [2.75, 3.05) is 23.3 Å². The van der Waals surface area contributed by atoms with E-state index in [1.54, 1.807) is 11.3 Å². The molecule has 0 spiro atoms. The molecular weight excluding hydrogens is 394 g/mol. The van der Waals surface area contributed by atoms with Crippen LogP contribution in [0.15, 0.2) is 60.0 Å². The summed E-state index contributed by atoms with van der Waals surface area (Å²) in [5.41, 5.74) is 5.35. The molecule has 0 fully saturated rings. The molecule has 2 aromatic carbocycles. The van der Waals surface area contributed by atoms with Crippen LogP contribution in [0.4, 0.5) is 11.4 Å². The van der Waals surface area contributed by atoms with Gasteiger partial charge in [-0.1, -0.05) is 30.3 Å². The lowest BCUT2D eigenvalue weighted by Crippen LogP contribution is -2.41. The maximum Gasteiger partial charge on any atom is 0.313 e. The first-order valence-electron chi connectivity index (χ1n) is 10.1. The number of amides is 2. The van der Waals surface area contributed by atoms with Crippen molar-refractivity contribution in [2.45, 2.75) is 26.3 Å². The van der Waals surface area contributed by atoms with Crippen molar-refractivity contribution in [3.63, 3.8) is 0 Å². The molecule has 0 radical (unpaired) electrons. The average Bonchev–Trinajstić information content (AvgIpc) is 3.42. The zero-order valence-electron chi connectivity index (χ0n) is 17.1. The zero-order valence-corrected chi connectivity index (χ0v) is 18.0. The number of thiophene rings is 1. The van der Waals surface area contributed by atoms with E-state index in [2.05, 4.69) is 39.8 Å². The van der Waals surface area contributed by atoms with E-state index in [-0.39, 0.29) is 6.04 Å². The number of carbonyl (C=O) groups is 2. The maximum absolute atomic E-state index is 12.5. The lowest BCUT2D eigenvalue weighted by Gasteiger charge is -2.30. The number of nitrogens with zero attached hydrogens (tertiary/aromatic N) is 1. The Morgan fingerprint density at radius 2 is 1.87 bits per heavy atom. The molecule has 6 heteroatoms. The lowest BCUT2D eigenvalue weighted by molar-refractivity contribution is -0.136. The van der Waals surface area contributed by atoms with Gasteiger partial charge < -0.3 is 15.5 Å². The topological polar surface area (TPSA) is 61.4 Å². The molecule has 0 bridgehead atoms. The normalized spacial score (nSPS) is 13.6. The van der Waals surface area contributed by atoms with E-state index < -0.39 is 11.8 Å². The highest BCUT2D eigenvalue weighted by Crippen LogP contribution is 2.36. The second kappa shape index (κ2) is 8.71. The lowest BCUT2D eigenvalue weighted by atomic mass is 10.1. The number of anilines is 2. The molecule has 0 unspecified atom stereocenters. The number of hydrogen-bond donors (Lipinski definition) is 2. The van der Waals surface area contributed by atoms with Gasteiger partial charge in [0.25, 0.3) is 0 Å². The Morgan fingerprint density at radius 3 is 2.63 bits per heavy atom. The standard InChI is InChI=1S/C24H25N3O2S/c1-16-9-10-19(14-17(16)2)26-24(29)23(28)25-15-21(22-8-5-13-30-22)27-12-11-18-6-3-4-7-20(18)27/h3-10,13-14,21H,11-12,15H2,1-2H3,(H,25,28)(H,26,29)/t21-/m1/s1. The SMILES string of the molecule is Cc1ccc(NC(=O)C(=O)NC[C@H](c2cccs2)N2CCc3ccccc32)cc1C. The number of aryl methyl sites for hydroxylation is 2. The van der Waals surface area contributed by atoms with Crippen molar-refractivity contribution in [1.82, 2.24) is 5.32 Å². The van der Waals surface area contributed by atoms with Crippen LogP contribution >= 0.6 is 11.3 Å². The first kappa shape index (κ1) is 20.2. The number of nitrogens with one attached hydrogen (secondary N) is 2. The Kier molecular flexibility index (Phi) is 5.86. The monoisotopic (exact) mass is 419 g/mol. The average molecular weight is 420 g/mol. The first-order chi connectivity index (χ1) is 14.5. The summed E-state index contributed by atoms with van der Waals surface area (Å²) in [5.74, 6) is -1.27. The molecule has 2 heterocycles. The van der Waals surface area contributed by atoms with Crippen LogP contribution in [-0.4, -0.2) is 24.9 Å². The molecule has 3 aromatic rings. The van der Waals surface area contributed by atoms with E-state index >= 15 is 0 Å². The number of carbonyl (C=O) groups excluding carboxylic acids is 2. The molecule has 1 aliphatic heterocycles. The van der Waals surface area contributed by atoms with Gasteiger partial charge in [0.05, 0.1) is 6.04 Å². The number of para-hydroxylation sites is 1. The second-order valence-electron chi connectivity index (χ2n) is 7.57. The Balaban J connectivity index is 1.44. The highest BCUT2D eigenvalue weighted by molar-refractivity contribution is 7.10. The van der Waals surface area contributed by atoms with Gasteiger partial charge in [-0.2, -0.15) is 0 Å². The van der Waals surface area contributed by atoms with E-state index in [9.17, 15) is 9.59 Å². The summed E-state index contributed by atoms with van der Waals surface area (Å²) in [7, 11) is 0. The first-order valence-corrected chi connectivity index (χ1v) is 11.0. The Hall–Kier alpha value is -3.12. The summed E-state index contributed by atoms with van der Waals surface area (Å²) < 4.78 is 0. The molecule has 1 atom stereocenters. The van der Waals surface area contributed by atoms with Crippen LogP contribution in [0.25, 0.3) is 0 Å². The second-order valence-corrected chi connectivity index (χ2v) is 8.55. The zero-order chi connectivity index (χ0) is 21.1. The molecule has 0 aliphatic carbocycles. The van der Waals surface area contributed by atoms with Crippen LogP contribution < -0.4 is 15.5 Å². The van der Waals surface area contributed by atoms with Crippen LogP contribution in [0.2, 0.25) is 0 Å². The van der Waals surface area contributed by atoms with Crippen LogP contribution in [-0.2, 0) is 16.0 Å². The van der Waals surface area contributed by atoms with Gasteiger partial charge in [-0.15, -0.1) is 11.3 Å². The molecular formula is C24H25N3O2S. The predicted molar refractivity (Wildman–Crippen MR) is 122 cm³/mol. The maximum atomic E-state index is 12.5. The summed E-state index contributed by atoms with van der Waals surface area (Å²) in [6, 6.07) is 18.1. The van der Waals surface area contributed by atoms with Gasteiger partial charge in [0.2, 0.25) is 0 Å². The Labute approximate surface area is 180 Å². The smallest absolute Gasteiger partial charge is 0.313 e. The van der Waals surface area contributed by atoms with Gasteiger partial charge in [-0.25, -0.2) is 0 Å². The van der Waals surface area contributed by atoms with E-state index in [4.69, 9.17) is 0 Å². The van der Waals surface area contributed by atoms with Crippen LogP contribution in [0.5, 0.6) is 0 Å². The number of fused-ring (bicyclic) bond motifs is 1. The quantitative estimate of drug-likeness (QED) is 0.609. The summed E-state index contributed by atoms with van der Waals surface area (Å²) in [6.07, 6.45) is 0.985. The Morgan fingerprint density at radius 1 is 1.03 bits per heavy atom. The van der Waals surface area contributed by atoms with Crippen LogP contribution in [0.3, 0.4) is 0 Å². The van der Waals surface area contributed by atoms with Gasteiger partial charge in [-0.3, -0.25) is 9.59 Å². The number of hydrogen-bond acceptors (Lipinski definition) is 4. The number of rotatable bonds is 5. The highest BCUT2D eigenvalue weighted by Gasteiger charge is 2.28. The van der Waals surface area contributed by atoms with Gasteiger partial charge in [-0.05, 0) is 66.6 Å². The van der Waals surface area contributed by atoms with Gasteiger partial charge >= 0.3 is 11.8 Å². The molecule has 1 aromatic heterocycles. The van der Waals surface area contributed by atoms with Crippen molar-refractivity contribution in [3.05, 3.63) is 81.5 Å². The Bertz CT molecular complexity index is 1060. The van der Waals surface area contributed by atoms with Crippen LogP contribution in [0.1, 0.15) is 27.6 Å². The molecule has 4 rings (SSSR count). The molecule has 2 amide bonds. The van der Waals surface area contributed by atoms with Gasteiger partial charge in [0, 0.05) is 29.3 Å². The molecule has 0 saturated carbocycles. The third-order valence-corrected chi connectivity index (χ3v) is 6.57. The van der Waals surface area contributed by atoms with E-state index in [1.807, 2.05) is 49.6 Å². The van der Waals surface area contributed by atoms with Crippen molar-refractivity contribution in [3.8, 4) is 0 Å². The fraction of sp³-hybridized carbons (Fsp3) is 0.250. The van der Waals surface area contributed by atoms with Crippen molar-refractivity contribution in [2.24, 2.45) is 0 Å². The van der Waals surface area contributed by atoms with E-state index in [1.165, 1.54) is 16.1 Å². The fourth-order valence-corrected chi connectivity index (χ4v) is 4.65. The van der Waals surface area contributed by atoms with Crippen molar-refractivity contribution >= 4 is 34.5 Å². The summed E-state index contributed by atoms with van der Waals surface area (Å²) >= 11 is 1.66. The van der Waals surface area contributed by atoms with Gasteiger partial charge in [0.1, 0.15) is 0 Å². The number of benzene rings is 2. The van der Waals surface area contributed by atoms with E-state index in [0.29, 0.717) is 12.2 Å². The summed E-state index contributed by atoms with van der Waals surface area (Å²) in [6.45, 7) is 5.25. The van der Waals surface area contributed by atoms with E-state index in [0.717, 1.165) is 24.1 Å². The van der Waals surface area contributed by atoms with Gasteiger partial charge in [0.15, 0.2) is 0 Å². The fourth-order valence-electron chi connectivity index (χ4n) is 3.81.